The quantitative estimate of drug-likeness (QED) is 0.560. The van der Waals surface area contributed by atoms with E-state index in [9.17, 15) is 4.79 Å². The van der Waals surface area contributed by atoms with E-state index < -0.39 is 0 Å². The molecule has 3 heteroatoms. The summed E-state index contributed by atoms with van der Waals surface area (Å²) in [5.41, 5.74) is 2.20. The molecule has 0 unspecified atom stereocenters. The van der Waals surface area contributed by atoms with E-state index in [4.69, 9.17) is 4.74 Å². The number of carbonyl (C=O) groups excluding carboxylic acids is 1. The van der Waals surface area contributed by atoms with Crippen LogP contribution >= 0.6 is 11.8 Å². The van der Waals surface area contributed by atoms with Crippen LogP contribution < -0.4 is 0 Å². The van der Waals surface area contributed by atoms with Crippen LogP contribution in [0, 0.1) is 11.8 Å². The van der Waals surface area contributed by atoms with E-state index in [-0.39, 0.29) is 5.97 Å². The Labute approximate surface area is 114 Å². The predicted octanol–water partition coefficient (Wildman–Crippen LogP) is 4.30. The zero-order chi connectivity index (χ0) is 13.7. The maximum atomic E-state index is 11.6. The van der Waals surface area contributed by atoms with Gasteiger partial charge in [0.15, 0.2) is 0 Å². The number of esters is 1. The Morgan fingerprint density at radius 2 is 2.00 bits per heavy atom. The van der Waals surface area contributed by atoms with Crippen molar-refractivity contribution in [3.8, 4) is 0 Å². The Morgan fingerprint density at radius 3 is 2.50 bits per heavy atom. The zero-order valence-electron chi connectivity index (χ0n) is 11.8. The summed E-state index contributed by atoms with van der Waals surface area (Å²) in [5, 5.41) is 2.16. The second-order valence-corrected chi connectivity index (χ2v) is 5.84. The van der Waals surface area contributed by atoms with Crippen LogP contribution in [0.4, 0.5) is 0 Å². The van der Waals surface area contributed by atoms with Gasteiger partial charge in [0.2, 0.25) is 0 Å². The van der Waals surface area contributed by atoms with Gasteiger partial charge in [0, 0.05) is 6.08 Å². The van der Waals surface area contributed by atoms with Crippen LogP contribution in [-0.2, 0) is 9.53 Å². The van der Waals surface area contributed by atoms with Crippen LogP contribution in [0.2, 0.25) is 0 Å². The molecular weight excluding hydrogens is 244 g/mol. The summed E-state index contributed by atoms with van der Waals surface area (Å²) >= 11 is 1.76. The Morgan fingerprint density at radius 1 is 1.33 bits per heavy atom. The first-order valence-corrected chi connectivity index (χ1v) is 7.30. The summed E-state index contributed by atoms with van der Waals surface area (Å²) in [6.07, 6.45) is 3.72. The van der Waals surface area contributed by atoms with Crippen molar-refractivity contribution in [2.75, 3.05) is 6.61 Å². The largest absolute Gasteiger partial charge is 0.463 e. The molecule has 0 spiro atoms. The van der Waals surface area contributed by atoms with E-state index in [0.717, 1.165) is 5.57 Å². The molecule has 0 aromatic heterocycles. The van der Waals surface area contributed by atoms with Crippen LogP contribution in [0.3, 0.4) is 0 Å². The smallest absolute Gasteiger partial charge is 0.331 e. The van der Waals surface area contributed by atoms with Gasteiger partial charge in [-0.05, 0) is 46.3 Å². The Balaban J connectivity index is 3.02. The van der Waals surface area contributed by atoms with Crippen molar-refractivity contribution in [2.24, 2.45) is 11.8 Å². The molecule has 1 aliphatic rings. The standard InChI is InChI=1S/C15H22O2S/c1-6-17-15(16)8-12-7-14(11(4)5)18-9-13(12)10(2)3/h7-11H,6H2,1-5H3. The second-order valence-electron chi connectivity index (χ2n) is 4.90. The lowest BCUT2D eigenvalue weighted by Crippen LogP contribution is -2.07. The van der Waals surface area contributed by atoms with Crippen molar-refractivity contribution in [1.29, 1.82) is 0 Å². The molecule has 0 aromatic rings. The van der Waals surface area contributed by atoms with Crippen LogP contribution in [-0.4, -0.2) is 12.6 Å². The van der Waals surface area contributed by atoms with Crippen molar-refractivity contribution in [3.05, 3.63) is 33.6 Å². The van der Waals surface area contributed by atoms with Gasteiger partial charge in [-0.15, -0.1) is 11.8 Å². The van der Waals surface area contributed by atoms with Crippen molar-refractivity contribution in [3.63, 3.8) is 0 Å². The highest BCUT2D eigenvalue weighted by Gasteiger charge is 2.17. The van der Waals surface area contributed by atoms with Crippen molar-refractivity contribution >= 4 is 17.7 Å². The van der Waals surface area contributed by atoms with Gasteiger partial charge < -0.3 is 4.74 Å². The van der Waals surface area contributed by atoms with Crippen molar-refractivity contribution in [1.82, 2.24) is 0 Å². The topological polar surface area (TPSA) is 26.3 Å². The number of ether oxygens (including phenoxy) is 1. The summed E-state index contributed by atoms with van der Waals surface area (Å²) in [5.74, 6) is 0.624. The van der Waals surface area contributed by atoms with Gasteiger partial charge in [-0.1, -0.05) is 27.7 Å². The molecule has 18 heavy (non-hydrogen) atoms. The number of thioether (sulfide) groups is 1. The molecule has 0 radical (unpaired) electrons. The summed E-state index contributed by atoms with van der Waals surface area (Å²) in [6, 6.07) is 0. The summed E-state index contributed by atoms with van der Waals surface area (Å²) < 4.78 is 4.99. The van der Waals surface area contributed by atoms with Gasteiger partial charge in [-0.3, -0.25) is 0 Å². The van der Waals surface area contributed by atoms with E-state index >= 15 is 0 Å². The molecule has 0 aliphatic carbocycles. The third-order valence-electron chi connectivity index (χ3n) is 2.70. The fourth-order valence-electron chi connectivity index (χ4n) is 1.68. The van der Waals surface area contributed by atoms with Crippen molar-refractivity contribution < 1.29 is 9.53 Å². The lowest BCUT2D eigenvalue weighted by molar-refractivity contribution is -0.137. The Kier molecular flexibility index (Phi) is 5.73. The fraction of sp³-hybridized carbons (Fsp3) is 0.533. The lowest BCUT2D eigenvalue weighted by atomic mass is 9.95. The maximum Gasteiger partial charge on any atom is 0.331 e. The minimum Gasteiger partial charge on any atom is -0.463 e. The highest BCUT2D eigenvalue weighted by Crippen LogP contribution is 2.37. The number of rotatable bonds is 4. The summed E-state index contributed by atoms with van der Waals surface area (Å²) in [6.45, 7) is 10.8. The molecule has 0 N–H and O–H groups in total. The van der Waals surface area contributed by atoms with Gasteiger partial charge in [-0.25, -0.2) is 4.79 Å². The zero-order valence-corrected chi connectivity index (χ0v) is 12.6. The van der Waals surface area contributed by atoms with Gasteiger partial charge in [0.05, 0.1) is 6.61 Å². The second kappa shape index (κ2) is 6.83. The van der Waals surface area contributed by atoms with E-state index in [1.165, 1.54) is 10.5 Å². The molecule has 0 bridgehead atoms. The first-order chi connectivity index (χ1) is 8.45. The van der Waals surface area contributed by atoms with Gasteiger partial charge in [0.1, 0.15) is 0 Å². The van der Waals surface area contributed by atoms with Crippen LogP contribution in [0.5, 0.6) is 0 Å². The molecule has 1 aliphatic heterocycles. The normalized spacial score (nSPS) is 18.1. The number of hydrogen-bond donors (Lipinski definition) is 0. The molecule has 0 saturated heterocycles. The Hall–Kier alpha value is -0.960. The molecule has 1 rings (SSSR count). The predicted molar refractivity (Wildman–Crippen MR) is 78.1 cm³/mol. The van der Waals surface area contributed by atoms with Crippen LogP contribution in [0.1, 0.15) is 34.6 Å². The third kappa shape index (κ3) is 4.05. The molecule has 0 saturated carbocycles. The lowest BCUT2D eigenvalue weighted by Gasteiger charge is -2.21. The molecule has 0 fully saturated rings. The fourth-order valence-corrected chi connectivity index (χ4v) is 2.82. The van der Waals surface area contributed by atoms with E-state index in [1.807, 2.05) is 6.92 Å². The first-order valence-electron chi connectivity index (χ1n) is 6.42. The maximum absolute atomic E-state index is 11.6. The average molecular weight is 266 g/mol. The molecule has 0 amide bonds. The van der Waals surface area contributed by atoms with E-state index in [0.29, 0.717) is 18.4 Å². The van der Waals surface area contributed by atoms with Gasteiger partial charge in [0.25, 0.3) is 0 Å². The molecule has 100 valence electrons. The third-order valence-corrected chi connectivity index (χ3v) is 3.94. The monoisotopic (exact) mass is 266 g/mol. The Bertz CT molecular complexity index is 401. The van der Waals surface area contributed by atoms with Crippen molar-refractivity contribution in [2.45, 2.75) is 34.6 Å². The van der Waals surface area contributed by atoms with Gasteiger partial charge >= 0.3 is 5.97 Å². The minimum absolute atomic E-state index is 0.259. The van der Waals surface area contributed by atoms with E-state index in [1.54, 1.807) is 17.8 Å². The summed E-state index contributed by atoms with van der Waals surface area (Å²) in [4.78, 5) is 12.9. The molecule has 1 heterocycles. The minimum atomic E-state index is -0.259. The molecule has 0 aromatic carbocycles. The number of allylic oxidation sites excluding steroid dienone is 4. The molecular formula is C15H22O2S. The number of carbonyl (C=O) groups is 1. The average Bonchev–Trinajstić information content (AvgIpc) is 2.28. The molecule has 2 nitrogen and oxygen atoms in total. The number of hydrogen-bond acceptors (Lipinski definition) is 3. The highest BCUT2D eigenvalue weighted by atomic mass is 32.2. The molecule has 0 atom stereocenters. The summed E-state index contributed by atoms with van der Waals surface area (Å²) in [7, 11) is 0. The highest BCUT2D eigenvalue weighted by molar-refractivity contribution is 8.05. The first kappa shape index (κ1) is 15.1. The van der Waals surface area contributed by atoms with Gasteiger partial charge in [-0.2, -0.15) is 0 Å². The SMILES string of the molecule is CCOC(=O)C=C1C=C(C(C)C)SC=C1C(C)C. The van der Waals surface area contributed by atoms with Crippen LogP contribution in [0.25, 0.3) is 0 Å². The van der Waals surface area contributed by atoms with E-state index in [2.05, 4.69) is 39.2 Å². The van der Waals surface area contributed by atoms with Crippen LogP contribution in [0.15, 0.2) is 33.6 Å².